The zero-order valence-electron chi connectivity index (χ0n) is 10.6. The average Bonchev–Trinajstić information content (AvgIpc) is 2.86. The third kappa shape index (κ3) is 3.17. The van der Waals surface area contributed by atoms with Gasteiger partial charge in [-0.25, -0.2) is 13.8 Å². The summed E-state index contributed by atoms with van der Waals surface area (Å²) in [4.78, 5) is 4.16. The van der Waals surface area contributed by atoms with Crippen LogP contribution in [0.25, 0.3) is 0 Å². The molecule has 5 heteroatoms. The lowest BCUT2D eigenvalue weighted by Crippen LogP contribution is -2.08. The molecule has 19 heavy (non-hydrogen) atoms. The Kier molecular flexibility index (Phi) is 4.27. The number of hydrogen-bond acceptors (Lipinski definition) is 2. The standard InChI is InChI=1S/C14H16F2N2O/c1-2-18-7-6-17-13(18)9-12(19)10-4-3-5-11(8-10)14(15)16/h3-8,12,14,19H,2,9H2,1H3. The van der Waals surface area contributed by atoms with Crippen molar-refractivity contribution in [2.24, 2.45) is 0 Å². The maximum Gasteiger partial charge on any atom is 0.263 e. The van der Waals surface area contributed by atoms with Crippen molar-refractivity contribution in [2.75, 3.05) is 0 Å². The van der Waals surface area contributed by atoms with Crippen molar-refractivity contribution in [3.05, 3.63) is 53.6 Å². The van der Waals surface area contributed by atoms with Gasteiger partial charge in [0.05, 0.1) is 6.10 Å². The van der Waals surface area contributed by atoms with Crippen molar-refractivity contribution in [2.45, 2.75) is 32.4 Å². The van der Waals surface area contributed by atoms with Crippen LogP contribution in [0.3, 0.4) is 0 Å². The van der Waals surface area contributed by atoms with E-state index in [0.29, 0.717) is 12.0 Å². The highest BCUT2D eigenvalue weighted by Gasteiger charge is 2.14. The first-order valence-electron chi connectivity index (χ1n) is 6.18. The monoisotopic (exact) mass is 266 g/mol. The maximum atomic E-state index is 12.6. The van der Waals surface area contributed by atoms with Crippen molar-refractivity contribution in [3.8, 4) is 0 Å². The van der Waals surface area contributed by atoms with E-state index in [4.69, 9.17) is 0 Å². The molecule has 0 radical (unpaired) electrons. The molecule has 0 spiro atoms. The minimum absolute atomic E-state index is 0.0737. The summed E-state index contributed by atoms with van der Waals surface area (Å²) < 4.78 is 27.1. The number of benzene rings is 1. The van der Waals surface area contributed by atoms with Crippen LogP contribution in [0.4, 0.5) is 8.78 Å². The van der Waals surface area contributed by atoms with Gasteiger partial charge in [-0.05, 0) is 18.6 Å². The topological polar surface area (TPSA) is 38.0 Å². The molecule has 0 saturated heterocycles. The number of halogens is 2. The van der Waals surface area contributed by atoms with Gasteiger partial charge in [-0.1, -0.05) is 18.2 Å². The fourth-order valence-electron chi connectivity index (χ4n) is 2.01. The summed E-state index contributed by atoms with van der Waals surface area (Å²) in [6, 6.07) is 5.88. The zero-order chi connectivity index (χ0) is 13.8. The molecule has 0 bridgehead atoms. The third-order valence-corrected chi connectivity index (χ3v) is 3.07. The summed E-state index contributed by atoms with van der Waals surface area (Å²) in [6.07, 6.45) is 0.461. The SMILES string of the molecule is CCn1ccnc1CC(O)c1cccc(C(F)F)c1. The molecule has 3 nitrogen and oxygen atoms in total. The molecule has 1 unspecified atom stereocenters. The number of alkyl halides is 2. The van der Waals surface area contributed by atoms with Crippen LogP contribution in [0, 0.1) is 0 Å². The zero-order valence-corrected chi connectivity index (χ0v) is 10.6. The fourth-order valence-corrected chi connectivity index (χ4v) is 2.01. The first kappa shape index (κ1) is 13.7. The Morgan fingerprint density at radius 3 is 2.74 bits per heavy atom. The predicted molar refractivity (Wildman–Crippen MR) is 68.0 cm³/mol. The molecule has 102 valence electrons. The fraction of sp³-hybridized carbons (Fsp3) is 0.357. The van der Waals surface area contributed by atoms with Crippen molar-refractivity contribution in [1.82, 2.24) is 9.55 Å². The van der Waals surface area contributed by atoms with Gasteiger partial charge in [0.1, 0.15) is 5.82 Å². The van der Waals surface area contributed by atoms with Gasteiger partial charge in [-0.2, -0.15) is 0 Å². The lowest BCUT2D eigenvalue weighted by atomic mass is 10.0. The van der Waals surface area contributed by atoms with E-state index >= 15 is 0 Å². The second-order valence-corrected chi connectivity index (χ2v) is 4.32. The Morgan fingerprint density at radius 1 is 1.32 bits per heavy atom. The lowest BCUT2D eigenvalue weighted by molar-refractivity contribution is 0.149. The number of aryl methyl sites for hydroxylation is 1. The highest BCUT2D eigenvalue weighted by atomic mass is 19.3. The highest BCUT2D eigenvalue weighted by molar-refractivity contribution is 5.26. The Balaban J connectivity index is 2.15. The van der Waals surface area contributed by atoms with Crippen LogP contribution in [0.1, 0.15) is 36.4 Å². The Morgan fingerprint density at radius 2 is 2.05 bits per heavy atom. The largest absolute Gasteiger partial charge is 0.388 e. The summed E-state index contributed by atoms with van der Waals surface area (Å²) in [5.74, 6) is 0.748. The highest BCUT2D eigenvalue weighted by Crippen LogP contribution is 2.24. The Hall–Kier alpha value is -1.75. The average molecular weight is 266 g/mol. The van der Waals surface area contributed by atoms with Crippen LogP contribution in [0.5, 0.6) is 0 Å². The van der Waals surface area contributed by atoms with Crippen LogP contribution in [0.2, 0.25) is 0 Å². The van der Waals surface area contributed by atoms with Crippen LogP contribution < -0.4 is 0 Å². The van der Waals surface area contributed by atoms with E-state index in [0.717, 1.165) is 12.4 Å². The van der Waals surface area contributed by atoms with Crippen molar-refractivity contribution >= 4 is 0 Å². The normalized spacial score (nSPS) is 12.9. The number of aliphatic hydroxyl groups excluding tert-OH is 1. The van der Waals surface area contributed by atoms with E-state index in [1.165, 1.54) is 18.2 Å². The molecule has 2 rings (SSSR count). The van der Waals surface area contributed by atoms with Gasteiger partial charge in [0, 0.05) is 30.9 Å². The van der Waals surface area contributed by atoms with E-state index < -0.39 is 12.5 Å². The van der Waals surface area contributed by atoms with Gasteiger partial charge in [-0.15, -0.1) is 0 Å². The summed E-state index contributed by atoms with van der Waals surface area (Å²) in [5, 5.41) is 10.1. The Bertz CT molecular complexity index is 540. The maximum absolute atomic E-state index is 12.6. The van der Waals surface area contributed by atoms with Gasteiger partial charge in [0.2, 0.25) is 0 Å². The van der Waals surface area contributed by atoms with Crippen LogP contribution in [0.15, 0.2) is 36.7 Å². The molecule has 1 atom stereocenters. The number of imidazole rings is 1. The molecule has 0 aliphatic carbocycles. The number of aromatic nitrogens is 2. The molecular formula is C14H16F2N2O. The van der Waals surface area contributed by atoms with Gasteiger partial charge in [0.15, 0.2) is 0 Å². The first-order chi connectivity index (χ1) is 9.11. The van der Waals surface area contributed by atoms with Crippen molar-refractivity contribution in [1.29, 1.82) is 0 Å². The van der Waals surface area contributed by atoms with E-state index in [1.54, 1.807) is 12.3 Å². The molecule has 2 aromatic rings. The molecule has 1 heterocycles. The second-order valence-electron chi connectivity index (χ2n) is 4.32. The van der Waals surface area contributed by atoms with E-state index in [2.05, 4.69) is 4.98 Å². The summed E-state index contributed by atoms with van der Waals surface area (Å²) >= 11 is 0. The van der Waals surface area contributed by atoms with E-state index in [-0.39, 0.29) is 5.56 Å². The lowest BCUT2D eigenvalue weighted by Gasteiger charge is -2.13. The van der Waals surface area contributed by atoms with Crippen molar-refractivity contribution in [3.63, 3.8) is 0 Å². The number of rotatable bonds is 5. The van der Waals surface area contributed by atoms with Crippen LogP contribution in [-0.4, -0.2) is 14.7 Å². The van der Waals surface area contributed by atoms with E-state index in [9.17, 15) is 13.9 Å². The van der Waals surface area contributed by atoms with Gasteiger partial charge in [0.25, 0.3) is 6.43 Å². The molecule has 1 N–H and O–H groups in total. The van der Waals surface area contributed by atoms with Gasteiger partial charge in [-0.3, -0.25) is 0 Å². The second kappa shape index (κ2) is 5.93. The predicted octanol–water partition coefficient (Wildman–Crippen LogP) is 3.12. The first-order valence-corrected chi connectivity index (χ1v) is 6.18. The summed E-state index contributed by atoms with van der Waals surface area (Å²) in [7, 11) is 0. The van der Waals surface area contributed by atoms with Crippen LogP contribution in [-0.2, 0) is 13.0 Å². The third-order valence-electron chi connectivity index (χ3n) is 3.07. The quantitative estimate of drug-likeness (QED) is 0.903. The molecular weight excluding hydrogens is 250 g/mol. The minimum atomic E-state index is -2.52. The number of hydrogen-bond donors (Lipinski definition) is 1. The molecule has 1 aromatic carbocycles. The molecule has 1 aromatic heterocycles. The molecule has 0 aliphatic heterocycles. The minimum Gasteiger partial charge on any atom is -0.388 e. The van der Waals surface area contributed by atoms with Gasteiger partial charge < -0.3 is 9.67 Å². The summed E-state index contributed by atoms with van der Waals surface area (Å²) in [5.41, 5.74) is 0.416. The van der Waals surface area contributed by atoms with Crippen molar-refractivity contribution < 1.29 is 13.9 Å². The molecule has 0 fully saturated rings. The van der Waals surface area contributed by atoms with Crippen LogP contribution >= 0.6 is 0 Å². The molecule has 0 amide bonds. The smallest absolute Gasteiger partial charge is 0.263 e. The molecule has 0 aliphatic rings. The van der Waals surface area contributed by atoms with Gasteiger partial charge >= 0.3 is 0 Å². The number of nitrogens with zero attached hydrogens (tertiary/aromatic N) is 2. The Labute approximate surface area is 110 Å². The summed E-state index contributed by atoms with van der Waals surface area (Å²) in [6.45, 7) is 2.74. The number of aliphatic hydroxyl groups is 1. The van der Waals surface area contributed by atoms with E-state index in [1.807, 2.05) is 17.7 Å². The molecule has 0 saturated carbocycles.